The van der Waals surface area contributed by atoms with E-state index in [4.69, 9.17) is 4.74 Å². The van der Waals surface area contributed by atoms with Crippen molar-refractivity contribution >= 4 is 17.8 Å². The summed E-state index contributed by atoms with van der Waals surface area (Å²) in [5, 5.41) is 9.44. The zero-order chi connectivity index (χ0) is 19.4. The maximum Gasteiger partial charge on any atom is 0.339 e. The smallest absolute Gasteiger partial charge is 0.339 e. The fourth-order valence-corrected chi connectivity index (χ4v) is 3.01. The summed E-state index contributed by atoms with van der Waals surface area (Å²) in [7, 11) is 0. The van der Waals surface area contributed by atoms with Crippen molar-refractivity contribution < 1.29 is 19.4 Å². The lowest BCUT2D eigenvalue weighted by molar-refractivity contribution is -0.130. The van der Waals surface area contributed by atoms with Gasteiger partial charge in [-0.1, -0.05) is 0 Å². The van der Waals surface area contributed by atoms with Crippen molar-refractivity contribution in [3.05, 3.63) is 36.0 Å². The van der Waals surface area contributed by atoms with Gasteiger partial charge in [-0.25, -0.2) is 14.8 Å². The maximum atomic E-state index is 12.1. The van der Waals surface area contributed by atoms with Crippen LogP contribution in [0.1, 0.15) is 24.2 Å². The van der Waals surface area contributed by atoms with Crippen LogP contribution < -0.4 is 9.64 Å². The Morgan fingerprint density at radius 1 is 1.26 bits per heavy atom. The largest absolute Gasteiger partial charge is 0.493 e. The lowest BCUT2D eigenvalue weighted by Crippen LogP contribution is -2.50. The van der Waals surface area contributed by atoms with E-state index in [0.29, 0.717) is 49.2 Å². The predicted molar refractivity (Wildman–Crippen MR) is 100 cm³/mol. The number of anilines is 1. The molecule has 0 atom stereocenters. The molecule has 142 valence electrons. The maximum absolute atomic E-state index is 12.1. The van der Waals surface area contributed by atoms with E-state index in [9.17, 15) is 14.7 Å². The molecule has 0 saturated carbocycles. The topological polar surface area (TPSA) is 95.9 Å². The number of amides is 1. The number of carboxylic acid groups (broad SMARTS) is 1. The van der Waals surface area contributed by atoms with Gasteiger partial charge in [-0.2, -0.15) is 0 Å². The van der Waals surface area contributed by atoms with Crippen LogP contribution in [0.15, 0.2) is 30.5 Å². The standard InChI is InChI=1S/C19H22N4O4/c1-3-22-9-10-23(12-17(22)24)19-20-8-7-15(21-19)13-5-6-16(27-4-2)14(11-13)18(25)26/h5-8,11H,3-4,9-10,12H2,1-2H3,(H,25,26). The molecule has 1 amide bonds. The molecule has 3 rings (SSSR count). The molecule has 0 radical (unpaired) electrons. The number of hydrogen-bond donors (Lipinski definition) is 1. The van der Waals surface area contributed by atoms with E-state index in [0.717, 1.165) is 0 Å². The quantitative estimate of drug-likeness (QED) is 0.830. The van der Waals surface area contributed by atoms with Crippen LogP contribution >= 0.6 is 0 Å². The summed E-state index contributed by atoms with van der Waals surface area (Å²) in [6.45, 7) is 6.36. The Labute approximate surface area is 157 Å². The molecule has 1 aromatic heterocycles. The van der Waals surface area contributed by atoms with Gasteiger partial charge < -0.3 is 19.6 Å². The number of carbonyl (C=O) groups excluding carboxylic acids is 1. The highest BCUT2D eigenvalue weighted by Gasteiger charge is 2.24. The number of carboxylic acids is 1. The van der Waals surface area contributed by atoms with Crippen molar-refractivity contribution in [2.75, 3.05) is 37.7 Å². The normalized spacial score (nSPS) is 14.4. The number of piperazine rings is 1. The number of hydrogen-bond acceptors (Lipinski definition) is 6. The Morgan fingerprint density at radius 2 is 2.07 bits per heavy atom. The van der Waals surface area contributed by atoms with Gasteiger partial charge in [0.15, 0.2) is 0 Å². The van der Waals surface area contributed by atoms with Crippen LogP contribution in [0.2, 0.25) is 0 Å². The molecule has 1 aliphatic heterocycles. The molecule has 0 aliphatic carbocycles. The van der Waals surface area contributed by atoms with Crippen LogP contribution in [-0.2, 0) is 4.79 Å². The Bertz CT molecular complexity index is 855. The van der Waals surface area contributed by atoms with E-state index in [1.165, 1.54) is 0 Å². The SMILES string of the molecule is CCOc1ccc(-c2ccnc(N3CCN(CC)C(=O)C3)n2)cc1C(=O)O. The predicted octanol–water partition coefficient (Wildman–Crippen LogP) is 1.91. The lowest BCUT2D eigenvalue weighted by atomic mass is 10.1. The Kier molecular flexibility index (Phi) is 5.54. The van der Waals surface area contributed by atoms with Gasteiger partial charge in [0.25, 0.3) is 0 Å². The first-order valence-corrected chi connectivity index (χ1v) is 8.89. The molecule has 0 unspecified atom stereocenters. The molecule has 1 aliphatic rings. The van der Waals surface area contributed by atoms with Crippen LogP contribution in [0.25, 0.3) is 11.3 Å². The summed E-state index contributed by atoms with van der Waals surface area (Å²) >= 11 is 0. The van der Waals surface area contributed by atoms with E-state index >= 15 is 0 Å². The molecule has 1 fully saturated rings. The van der Waals surface area contributed by atoms with Gasteiger partial charge in [-0.05, 0) is 38.1 Å². The van der Waals surface area contributed by atoms with Crippen molar-refractivity contribution in [1.29, 1.82) is 0 Å². The summed E-state index contributed by atoms with van der Waals surface area (Å²) in [6.07, 6.45) is 1.62. The van der Waals surface area contributed by atoms with Crippen molar-refractivity contribution in [3.63, 3.8) is 0 Å². The van der Waals surface area contributed by atoms with E-state index < -0.39 is 5.97 Å². The number of aromatic nitrogens is 2. The van der Waals surface area contributed by atoms with Crippen molar-refractivity contribution in [2.24, 2.45) is 0 Å². The molecular weight excluding hydrogens is 348 g/mol. The average molecular weight is 370 g/mol. The summed E-state index contributed by atoms with van der Waals surface area (Å²) in [4.78, 5) is 36.1. The number of rotatable bonds is 6. The van der Waals surface area contributed by atoms with Gasteiger partial charge in [0, 0.05) is 31.4 Å². The highest BCUT2D eigenvalue weighted by molar-refractivity contribution is 5.92. The minimum atomic E-state index is -1.06. The number of aromatic carboxylic acids is 1. The molecule has 27 heavy (non-hydrogen) atoms. The molecule has 1 saturated heterocycles. The molecule has 1 aromatic carbocycles. The molecular formula is C19H22N4O4. The first-order valence-electron chi connectivity index (χ1n) is 8.89. The fraction of sp³-hybridized carbons (Fsp3) is 0.368. The number of benzene rings is 1. The van der Waals surface area contributed by atoms with Gasteiger partial charge in [0.1, 0.15) is 11.3 Å². The summed E-state index contributed by atoms with van der Waals surface area (Å²) < 4.78 is 5.38. The number of likely N-dealkylation sites (N-methyl/N-ethyl adjacent to an activating group) is 1. The van der Waals surface area contributed by atoms with Gasteiger partial charge in [-0.15, -0.1) is 0 Å². The molecule has 8 nitrogen and oxygen atoms in total. The van der Waals surface area contributed by atoms with Crippen LogP contribution in [0.3, 0.4) is 0 Å². The minimum absolute atomic E-state index is 0.0481. The second-order valence-corrected chi connectivity index (χ2v) is 6.09. The third kappa shape index (κ3) is 3.99. The number of ether oxygens (including phenoxy) is 1. The molecule has 8 heteroatoms. The van der Waals surface area contributed by atoms with Crippen LogP contribution in [0.4, 0.5) is 5.95 Å². The first kappa shape index (κ1) is 18.6. The van der Waals surface area contributed by atoms with Crippen LogP contribution in [-0.4, -0.2) is 64.6 Å². The highest BCUT2D eigenvalue weighted by Crippen LogP contribution is 2.27. The fourth-order valence-electron chi connectivity index (χ4n) is 3.01. The molecule has 0 spiro atoms. The summed E-state index contributed by atoms with van der Waals surface area (Å²) in [5.74, 6) is -0.227. The molecule has 2 aromatic rings. The summed E-state index contributed by atoms with van der Waals surface area (Å²) in [5.41, 5.74) is 1.33. The van der Waals surface area contributed by atoms with Gasteiger partial charge in [0.2, 0.25) is 11.9 Å². The van der Waals surface area contributed by atoms with Crippen molar-refractivity contribution in [3.8, 4) is 17.0 Å². The van der Waals surface area contributed by atoms with E-state index in [1.54, 1.807) is 42.3 Å². The van der Waals surface area contributed by atoms with E-state index in [-0.39, 0.29) is 18.0 Å². The Balaban J connectivity index is 1.89. The van der Waals surface area contributed by atoms with Crippen LogP contribution in [0.5, 0.6) is 5.75 Å². The zero-order valence-corrected chi connectivity index (χ0v) is 15.4. The molecule has 2 heterocycles. The second kappa shape index (κ2) is 8.03. The molecule has 1 N–H and O–H groups in total. The van der Waals surface area contributed by atoms with Crippen molar-refractivity contribution in [2.45, 2.75) is 13.8 Å². The Morgan fingerprint density at radius 3 is 2.74 bits per heavy atom. The van der Waals surface area contributed by atoms with Crippen molar-refractivity contribution in [1.82, 2.24) is 14.9 Å². The van der Waals surface area contributed by atoms with E-state index in [1.807, 2.05) is 11.8 Å². The highest BCUT2D eigenvalue weighted by atomic mass is 16.5. The zero-order valence-electron chi connectivity index (χ0n) is 15.4. The summed E-state index contributed by atoms with van der Waals surface area (Å²) in [6, 6.07) is 6.66. The second-order valence-electron chi connectivity index (χ2n) is 6.09. The first-order chi connectivity index (χ1) is 13.0. The van der Waals surface area contributed by atoms with Gasteiger partial charge >= 0.3 is 5.97 Å². The Hall–Kier alpha value is -3.16. The van der Waals surface area contributed by atoms with E-state index in [2.05, 4.69) is 9.97 Å². The number of carbonyl (C=O) groups is 2. The number of nitrogens with zero attached hydrogens (tertiary/aromatic N) is 4. The van der Waals surface area contributed by atoms with Crippen LogP contribution in [0, 0.1) is 0 Å². The third-order valence-electron chi connectivity index (χ3n) is 4.43. The van der Waals surface area contributed by atoms with Gasteiger partial charge in [-0.3, -0.25) is 4.79 Å². The monoisotopic (exact) mass is 370 g/mol. The lowest BCUT2D eigenvalue weighted by Gasteiger charge is -2.33. The average Bonchev–Trinajstić information content (AvgIpc) is 2.68. The third-order valence-corrected chi connectivity index (χ3v) is 4.43. The van der Waals surface area contributed by atoms with Gasteiger partial charge in [0.05, 0.1) is 18.8 Å². The molecule has 0 bridgehead atoms. The minimum Gasteiger partial charge on any atom is -0.493 e.